The Labute approximate surface area is 463 Å². The number of quaternary nitrogens is 1. The van der Waals surface area contributed by atoms with Gasteiger partial charge in [0.15, 0.2) is 0 Å². The lowest BCUT2D eigenvalue weighted by Crippen LogP contribution is -2.47. The fourth-order valence-corrected chi connectivity index (χ4v) is 9.59. The van der Waals surface area contributed by atoms with E-state index in [1.54, 1.807) is 0 Å². The zero-order valence-electron chi connectivity index (χ0n) is 49.8. The highest BCUT2D eigenvalue weighted by molar-refractivity contribution is 7.47. The molecule has 0 aliphatic rings. The van der Waals surface area contributed by atoms with Crippen molar-refractivity contribution in [2.24, 2.45) is 0 Å². The molecule has 0 aliphatic carbocycles. The minimum Gasteiger partial charge on any atom is -0.456 e. The van der Waals surface area contributed by atoms with Crippen molar-refractivity contribution in [3.63, 3.8) is 0 Å². The predicted octanol–water partition coefficient (Wildman–Crippen LogP) is 19.2. The van der Waals surface area contributed by atoms with E-state index in [2.05, 4.69) is 86.8 Å². The van der Waals surface area contributed by atoms with Crippen molar-refractivity contribution < 1.29 is 37.3 Å². The molecule has 3 atom stereocenters. The molecule has 2 N–H and O–H groups in total. The van der Waals surface area contributed by atoms with E-state index in [-0.39, 0.29) is 31.5 Å². The Morgan fingerprint density at radius 3 is 1.28 bits per heavy atom. The second-order valence-corrected chi connectivity index (χ2v) is 23.7. The molecule has 0 radical (unpaired) electrons. The highest BCUT2D eigenvalue weighted by Crippen LogP contribution is 2.43. The van der Waals surface area contributed by atoms with Crippen LogP contribution in [0.25, 0.3) is 0 Å². The topological polar surface area (TPSA) is 111 Å². The quantitative estimate of drug-likeness (QED) is 0.0205. The second-order valence-electron chi connectivity index (χ2n) is 22.2. The van der Waals surface area contributed by atoms with Crippen molar-refractivity contribution in [3.8, 4) is 0 Å². The number of hydrogen-bond acceptors (Lipinski definition) is 6. The van der Waals surface area contributed by atoms with Crippen LogP contribution in [0.2, 0.25) is 0 Å². The molecule has 0 saturated carbocycles. The molecule has 0 aromatic carbocycles. The standard InChI is InChI=1S/C65H119N2O7P/c1-7-10-13-16-19-22-25-27-28-29-30-31-32-33-34-35-36-37-38-40-43-46-49-52-55-58-65(69)74-63(56-53-50-47-44-42-39-26-23-20-17-14-11-8-2)62(61-73-75(70,71)72-60-59-67(4,5)6)66-64(68)57-54-51-48-45-41-24-21-18-15-12-9-3/h10,13,19,22,27-28,30-31,33-34,53,56,62-63H,7-9,11-12,14-18,20-21,23-26,29,32,35-52,54-55,57-61H2,1-6H3,(H-,66,68,70,71)/p+1/b13-10-,22-19-,28-27-,31-30-,34-33-,56-53-. The fourth-order valence-electron chi connectivity index (χ4n) is 8.85. The summed E-state index contributed by atoms with van der Waals surface area (Å²) in [6, 6.07) is -0.850. The van der Waals surface area contributed by atoms with Gasteiger partial charge in [-0.1, -0.05) is 261 Å². The number of carbonyl (C=O) groups is 2. The van der Waals surface area contributed by atoms with Crippen molar-refractivity contribution in [2.45, 2.75) is 290 Å². The molecule has 1 amide bonds. The van der Waals surface area contributed by atoms with Crippen molar-refractivity contribution >= 4 is 19.7 Å². The van der Waals surface area contributed by atoms with E-state index in [0.29, 0.717) is 17.4 Å². The Morgan fingerprint density at radius 2 is 0.853 bits per heavy atom. The number of amides is 1. The van der Waals surface area contributed by atoms with Gasteiger partial charge in [0.05, 0.1) is 33.8 Å². The molecule has 0 heterocycles. The Hall–Kier alpha value is -2.55. The number of nitrogens with one attached hydrogen (secondary N) is 1. The third kappa shape index (κ3) is 56.0. The van der Waals surface area contributed by atoms with Gasteiger partial charge in [0.25, 0.3) is 0 Å². The van der Waals surface area contributed by atoms with Crippen LogP contribution in [0.3, 0.4) is 0 Å². The van der Waals surface area contributed by atoms with Crippen LogP contribution >= 0.6 is 7.82 Å². The van der Waals surface area contributed by atoms with Gasteiger partial charge in [0, 0.05) is 12.8 Å². The van der Waals surface area contributed by atoms with E-state index in [0.717, 1.165) is 103 Å². The molecular formula is C65H120N2O7P+. The summed E-state index contributed by atoms with van der Waals surface area (Å²) in [5.41, 5.74) is 0. The highest BCUT2D eigenvalue weighted by Gasteiger charge is 2.30. The summed E-state index contributed by atoms with van der Waals surface area (Å²) >= 11 is 0. The van der Waals surface area contributed by atoms with Crippen LogP contribution in [0, 0.1) is 0 Å². The highest BCUT2D eigenvalue weighted by atomic mass is 31.2. The molecule has 0 saturated heterocycles. The number of hydrogen-bond donors (Lipinski definition) is 2. The van der Waals surface area contributed by atoms with E-state index in [4.69, 9.17) is 13.8 Å². The monoisotopic (exact) mass is 1070 g/mol. The number of esters is 1. The number of carbonyl (C=O) groups excluding carboxylic acids is 2. The van der Waals surface area contributed by atoms with Gasteiger partial charge in [-0.05, 0) is 76.7 Å². The van der Waals surface area contributed by atoms with E-state index >= 15 is 0 Å². The van der Waals surface area contributed by atoms with E-state index in [9.17, 15) is 19.0 Å². The van der Waals surface area contributed by atoms with Crippen molar-refractivity contribution in [3.05, 3.63) is 72.9 Å². The lowest BCUT2D eigenvalue weighted by molar-refractivity contribution is -0.870. The molecule has 3 unspecified atom stereocenters. The van der Waals surface area contributed by atoms with Crippen LogP contribution in [0.15, 0.2) is 72.9 Å². The number of rotatable bonds is 56. The first-order chi connectivity index (χ1) is 36.4. The zero-order valence-corrected chi connectivity index (χ0v) is 50.7. The number of allylic oxidation sites excluding steroid dienone is 11. The number of nitrogens with zero attached hydrogens (tertiary/aromatic N) is 1. The van der Waals surface area contributed by atoms with Crippen LogP contribution in [0.1, 0.15) is 278 Å². The van der Waals surface area contributed by atoms with Gasteiger partial charge in [-0.15, -0.1) is 0 Å². The summed E-state index contributed by atoms with van der Waals surface area (Å²) in [4.78, 5) is 37.6. The normalized spacial score (nSPS) is 14.2. The molecule has 0 bridgehead atoms. The van der Waals surface area contributed by atoms with Gasteiger partial charge in [0.1, 0.15) is 19.3 Å². The molecule has 10 heteroatoms. The predicted molar refractivity (Wildman–Crippen MR) is 323 cm³/mol. The van der Waals surface area contributed by atoms with Gasteiger partial charge in [-0.3, -0.25) is 18.6 Å². The molecule has 0 aliphatic heterocycles. The zero-order chi connectivity index (χ0) is 55.0. The van der Waals surface area contributed by atoms with Gasteiger partial charge in [0.2, 0.25) is 5.91 Å². The molecule has 0 spiro atoms. The minimum absolute atomic E-state index is 0.0386. The van der Waals surface area contributed by atoms with Crippen molar-refractivity contribution in [1.29, 1.82) is 0 Å². The fraction of sp³-hybridized carbons (Fsp3) is 0.785. The van der Waals surface area contributed by atoms with E-state index in [1.165, 1.54) is 141 Å². The smallest absolute Gasteiger partial charge is 0.456 e. The first-order valence-electron chi connectivity index (χ1n) is 31.3. The Balaban J connectivity index is 5.14. The average Bonchev–Trinajstić information content (AvgIpc) is 3.37. The Bertz CT molecular complexity index is 1510. The van der Waals surface area contributed by atoms with Crippen LogP contribution in [-0.2, 0) is 27.9 Å². The third-order valence-corrected chi connectivity index (χ3v) is 14.6. The van der Waals surface area contributed by atoms with Crippen LogP contribution in [0.4, 0.5) is 0 Å². The maximum absolute atomic E-state index is 13.5. The van der Waals surface area contributed by atoms with Crippen molar-refractivity contribution in [1.82, 2.24) is 5.32 Å². The molecule has 0 fully saturated rings. The van der Waals surface area contributed by atoms with Gasteiger partial charge < -0.3 is 19.4 Å². The van der Waals surface area contributed by atoms with E-state index < -0.39 is 20.0 Å². The molecule has 436 valence electrons. The van der Waals surface area contributed by atoms with Crippen LogP contribution < -0.4 is 5.32 Å². The third-order valence-electron chi connectivity index (χ3n) is 13.7. The Morgan fingerprint density at radius 1 is 0.480 bits per heavy atom. The number of phosphoric ester groups is 1. The maximum Gasteiger partial charge on any atom is 0.472 e. The molecule has 9 nitrogen and oxygen atoms in total. The summed E-state index contributed by atoms with van der Waals surface area (Å²) in [5.74, 6) is -0.508. The maximum atomic E-state index is 13.5. The SMILES string of the molecule is CC/C=C\C/C=C\C/C=C\C/C=C\C/C=C\CCCCCCCCCCCC(=O)OC(/C=C\CCCCCCCCCCCCC)C(COP(=O)(O)OCC[N+](C)(C)C)NC(=O)CCCCCCCCCCCCC. The number of likely N-dealkylation sites (N-methyl/N-ethyl adjacent to an activating group) is 1. The van der Waals surface area contributed by atoms with Crippen LogP contribution in [0.5, 0.6) is 0 Å². The lowest BCUT2D eigenvalue weighted by Gasteiger charge is -2.27. The van der Waals surface area contributed by atoms with Gasteiger partial charge in [-0.25, -0.2) is 4.57 Å². The Kier molecular flexibility index (Phi) is 52.9. The summed E-state index contributed by atoms with van der Waals surface area (Å²) in [6.07, 6.45) is 70.4. The summed E-state index contributed by atoms with van der Waals surface area (Å²) in [7, 11) is 1.49. The molecule has 0 aromatic rings. The number of phosphoric acid groups is 1. The molecule has 0 aromatic heterocycles. The summed E-state index contributed by atoms with van der Waals surface area (Å²) < 4.78 is 30.7. The summed E-state index contributed by atoms with van der Waals surface area (Å²) in [6.45, 7) is 6.90. The lowest BCUT2D eigenvalue weighted by atomic mass is 10.0. The van der Waals surface area contributed by atoms with E-state index in [1.807, 2.05) is 33.3 Å². The molecular weight excluding hydrogens is 952 g/mol. The van der Waals surface area contributed by atoms with Gasteiger partial charge >= 0.3 is 13.8 Å². The minimum atomic E-state index is -4.45. The summed E-state index contributed by atoms with van der Waals surface area (Å²) in [5, 5.41) is 3.05. The van der Waals surface area contributed by atoms with Crippen molar-refractivity contribution in [2.75, 3.05) is 40.9 Å². The molecule has 75 heavy (non-hydrogen) atoms. The van der Waals surface area contributed by atoms with Gasteiger partial charge in [-0.2, -0.15) is 0 Å². The number of ether oxygens (including phenoxy) is 1. The largest absolute Gasteiger partial charge is 0.472 e. The first kappa shape index (κ1) is 72.5. The van der Waals surface area contributed by atoms with Crippen LogP contribution in [-0.4, -0.2) is 74.3 Å². The second kappa shape index (κ2) is 54.8. The first-order valence-corrected chi connectivity index (χ1v) is 32.8. The molecule has 0 rings (SSSR count). The number of unbranched alkanes of at least 4 members (excludes halogenated alkanes) is 30. The average molecular weight is 1070 g/mol.